The Balaban J connectivity index is 2.06. The minimum atomic E-state index is -3.42. The number of sulfonamides is 1. The van der Waals surface area contributed by atoms with Crippen LogP contribution in [0.2, 0.25) is 0 Å². The number of aromatic amines is 1. The molecule has 1 aromatic heterocycles. The monoisotopic (exact) mass is 349 g/mol. The van der Waals surface area contributed by atoms with Crippen LogP contribution in [0.1, 0.15) is 41.5 Å². The summed E-state index contributed by atoms with van der Waals surface area (Å²) < 4.78 is 25.5. The summed E-state index contributed by atoms with van der Waals surface area (Å²) in [6.45, 7) is 4.00. The molecule has 128 valence electrons. The Morgan fingerprint density at radius 1 is 1.42 bits per heavy atom. The Kier molecular flexibility index (Phi) is 4.04. The summed E-state index contributed by atoms with van der Waals surface area (Å²) >= 11 is 0. The summed E-state index contributed by atoms with van der Waals surface area (Å²) in [5.41, 5.74) is 1.80. The number of nitrogens with one attached hydrogen (secondary N) is 2. The summed E-state index contributed by atoms with van der Waals surface area (Å²) in [6, 6.07) is 5.05. The van der Waals surface area contributed by atoms with E-state index < -0.39 is 10.0 Å². The molecule has 0 saturated heterocycles. The number of carbonyl (C=O) groups is 1. The SMILES string of the molecule is CC(C)NC(=O)c1ccc2c(c1)C(c1ncn[nH]1)CN2S(C)(=O)=O. The molecule has 8 nitrogen and oxygen atoms in total. The third-order valence-corrected chi connectivity index (χ3v) is 5.01. The molecule has 2 heterocycles. The molecule has 0 radical (unpaired) electrons. The Morgan fingerprint density at radius 2 is 2.17 bits per heavy atom. The number of benzene rings is 1. The van der Waals surface area contributed by atoms with Gasteiger partial charge in [0.15, 0.2) is 0 Å². The number of hydrogen-bond donors (Lipinski definition) is 2. The van der Waals surface area contributed by atoms with Crippen molar-refractivity contribution in [2.24, 2.45) is 0 Å². The van der Waals surface area contributed by atoms with Gasteiger partial charge in [-0.2, -0.15) is 5.10 Å². The van der Waals surface area contributed by atoms with E-state index in [4.69, 9.17) is 0 Å². The molecule has 3 rings (SSSR count). The average Bonchev–Trinajstić information content (AvgIpc) is 3.12. The summed E-state index contributed by atoms with van der Waals surface area (Å²) in [6.07, 6.45) is 2.55. The summed E-state index contributed by atoms with van der Waals surface area (Å²) in [5.74, 6) is 0.0924. The number of nitrogens with zero attached hydrogens (tertiary/aromatic N) is 3. The van der Waals surface area contributed by atoms with Crippen LogP contribution in [0.3, 0.4) is 0 Å². The maximum absolute atomic E-state index is 12.2. The van der Waals surface area contributed by atoms with Crippen LogP contribution in [-0.4, -0.2) is 48.3 Å². The van der Waals surface area contributed by atoms with Gasteiger partial charge in [-0.15, -0.1) is 0 Å². The van der Waals surface area contributed by atoms with Gasteiger partial charge in [-0.05, 0) is 37.6 Å². The van der Waals surface area contributed by atoms with E-state index in [1.165, 1.54) is 16.9 Å². The quantitative estimate of drug-likeness (QED) is 0.851. The average molecular weight is 349 g/mol. The lowest BCUT2D eigenvalue weighted by atomic mass is 9.98. The van der Waals surface area contributed by atoms with Crippen molar-refractivity contribution in [3.8, 4) is 0 Å². The van der Waals surface area contributed by atoms with Gasteiger partial charge in [-0.1, -0.05) is 0 Å². The van der Waals surface area contributed by atoms with Gasteiger partial charge < -0.3 is 5.32 Å². The predicted molar refractivity (Wildman–Crippen MR) is 89.5 cm³/mol. The number of carbonyl (C=O) groups excluding carboxylic acids is 1. The molecule has 0 spiro atoms. The lowest BCUT2D eigenvalue weighted by Gasteiger charge is -2.16. The third-order valence-electron chi connectivity index (χ3n) is 3.87. The molecular weight excluding hydrogens is 330 g/mol. The Hall–Kier alpha value is -2.42. The highest BCUT2D eigenvalue weighted by Gasteiger charge is 2.36. The van der Waals surface area contributed by atoms with Crippen molar-refractivity contribution < 1.29 is 13.2 Å². The molecule has 0 fully saturated rings. The van der Waals surface area contributed by atoms with Gasteiger partial charge in [0, 0.05) is 18.2 Å². The zero-order valence-electron chi connectivity index (χ0n) is 13.6. The molecule has 1 amide bonds. The standard InChI is InChI=1S/C15H19N5O3S/c1-9(2)18-15(21)10-4-5-13-11(6-10)12(14-16-8-17-19-14)7-20(13)24(3,22)23/h4-6,8-9,12H,7H2,1-3H3,(H,18,21)(H,16,17,19). The second-order valence-electron chi connectivity index (χ2n) is 6.12. The molecule has 2 N–H and O–H groups in total. The summed E-state index contributed by atoms with van der Waals surface area (Å²) in [4.78, 5) is 16.4. The number of H-pyrrole nitrogens is 1. The zero-order valence-corrected chi connectivity index (χ0v) is 14.5. The first-order chi connectivity index (χ1) is 11.3. The highest BCUT2D eigenvalue weighted by molar-refractivity contribution is 7.92. The first kappa shape index (κ1) is 16.4. The molecule has 0 bridgehead atoms. The van der Waals surface area contributed by atoms with E-state index >= 15 is 0 Å². The van der Waals surface area contributed by atoms with Crippen molar-refractivity contribution in [2.45, 2.75) is 25.8 Å². The molecule has 1 aliphatic heterocycles. The van der Waals surface area contributed by atoms with E-state index in [0.717, 1.165) is 5.56 Å². The smallest absolute Gasteiger partial charge is 0.251 e. The maximum Gasteiger partial charge on any atom is 0.251 e. The van der Waals surface area contributed by atoms with Crippen LogP contribution >= 0.6 is 0 Å². The fourth-order valence-electron chi connectivity index (χ4n) is 2.84. The van der Waals surface area contributed by atoms with Gasteiger partial charge in [0.1, 0.15) is 12.2 Å². The molecule has 2 aromatic rings. The van der Waals surface area contributed by atoms with Gasteiger partial charge >= 0.3 is 0 Å². The van der Waals surface area contributed by atoms with Crippen LogP contribution in [0.5, 0.6) is 0 Å². The van der Waals surface area contributed by atoms with Crippen molar-refractivity contribution in [1.29, 1.82) is 0 Å². The predicted octanol–water partition coefficient (Wildman–Crippen LogP) is 0.854. The summed E-state index contributed by atoms with van der Waals surface area (Å²) in [5, 5.41) is 9.46. The normalized spacial score (nSPS) is 17.2. The fraction of sp³-hybridized carbons (Fsp3) is 0.400. The number of hydrogen-bond acceptors (Lipinski definition) is 5. The van der Waals surface area contributed by atoms with Crippen molar-refractivity contribution in [3.63, 3.8) is 0 Å². The third kappa shape index (κ3) is 2.99. The Morgan fingerprint density at radius 3 is 2.75 bits per heavy atom. The number of rotatable bonds is 4. The second-order valence-corrected chi connectivity index (χ2v) is 8.03. The molecule has 0 saturated carbocycles. The Bertz CT molecular complexity index is 861. The lowest BCUT2D eigenvalue weighted by molar-refractivity contribution is 0.0943. The van der Waals surface area contributed by atoms with Crippen molar-refractivity contribution >= 4 is 21.6 Å². The zero-order chi connectivity index (χ0) is 17.5. The Labute approximate surface area is 140 Å². The van der Waals surface area contributed by atoms with Crippen molar-refractivity contribution in [1.82, 2.24) is 20.5 Å². The van der Waals surface area contributed by atoms with Crippen LogP contribution in [0.4, 0.5) is 5.69 Å². The van der Waals surface area contributed by atoms with Crippen molar-refractivity contribution in [2.75, 3.05) is 17.1 Å². The number of fused-ring (bicyclic) bond motifs is 1. The number of amides is 1. The van der Waals surface area contributed by atoms with E-state index in [2.05, 4.69) is 20.5 Å². The largest absolute Gasteiger partial charge is 0.350 e. The van der Waals surface area contributed by atoms with Gasteiger partial charge in [0.25, 0.3) is 5.91 Å². The van der Waals surface area contributed by atoms with Crippen LogP contribution in [0.15, 0.2) is 24.5 Å². The molecular formula is C15H19N5O3S. The van der Waals surface area contributed by atoms with Crippen LogP contribution in [0, 0.1) is 0 Å². The van der Waals surface area contributed by atoms with Crippen LogP contribution in [-0.2, 0) is 10.0 Å². The highest BCUT2D eigenvalue weighted by atomic mass is 32.2. The molecule has 1 aliphatic rings. The van der Waals surface area contributed by atoms with Gasteiger partial charge in [0.2, 0.25) is 10.0 Å². The molecule has 1 aromatic carbocycles. The number of aromatic nitrogens is 3. The minimum Gasteiger partial charge on any atom is -0.350 e. The minimum absolute atomic E-state index is 0.0170. The first-order valence-corrected chi connectivity index (χ1v) is 9.40. The van der Waals surface area contributed by atoms with Crippen LogP contribution in [0.25, 0.3) is 0 Å². The highest BCUT2D eigenvalue weighted by Crippen LogP contribution is 2.40. The van der Waals surface area contributed by atoms with E-state index in [-0.39, 0.29) is 24.4 Å². The van der Waals surface area contributed by atoms with Gasteiger partial charge in [0.05, 0.1) is 17.9 Å². The summed E-state index contributed by atoms with van der Waals surface area (Å²) in [7, 11) is -3.42. The van der Waals surface area contributed by atoms with E-state index in [0.29, 0.717) is 17.1 Å². The van der Waals surface area contributed by atoms with Crippen molar-refractivity contribution in [3.05, 3.63) is 41.5 Å². The van der Waals surface area contributed by atoms with E-state index in [1.807, 2.05) is 13.8 Å². The first-order valence-electron chi connectivity index (χ1n) is 7.55. The van der Waals surface area contributed by atoms with E-state index in [9.17, 15) is 13.2 Å². The van der Waals surface area contributed by atoms with Gasteiger partial charge in [-0.25, -0.2) is 13.4 Å². The molecule has 0 aliphatic carbocycles. The molecule has 24 heavy (non-hydrogen) atoms. The molecule has 1 unspecified atom stereocenters. The molecule has 9 heteroatoms. The maximum atomic E-state index is 12.2. The van der Waals surface area contributed by atoms with E-state index in [1.54, 1.807) is 18.2 Å². The van der Waals surface area contributed by atoms with Crippen LogP contribution < -0.4 is 9.62 Å². The van der Waals surface area contributed by atoms with Gasteiger partial charge in [-0.3, -0.25) is 14.2 Å². The number of anilines is 1. The second kappa shape index (κ2) is 5.90. The molecule has 1 atom stereocenters. The topological polar surface area (TPSA) is 108 Å². The fourth-order valence-corrected chi connectivity index (χ4v) is 3.78. The lowest BCUT2D eigenvalue weighted by Crippen LogP contribution is -2.30.